The fraction of sp³-hybridized carbons (Fsp3) is 0.250. The standard InChI is InChI=1S/C16H18N2/c1-11-15(17)7-4-8-16(11)18-14-9-12-5-2-3-6-13(12)10-14/h2-8,14,18H,9-10,17H2,1H3. The summed E-state index contributed by atoms with van der Waals surface area (Å²) in [7, 11) is 0. The summed E-state index contributed by atoms with van der Waals surface area (Å²) in [6.45, 7) is 2.07. The lowest BCUT2D eigenvalue weighted by atomic mass is 10.1. The van der Waals surface area contributed by atoms with Gasteiger partial charge in [0.25, 0.3) is 0 Å². The second-order valence-electron chi connectivity index (χ2n) is 5.04. The summed E-state index contributed by atoms with van der Waals surface area (Å²) in [6, 6.07) is 15.2. The van der Waals surface area contributed by atoms with E-state index >= 15 is 0 Å². The highest BCUT2D eigenvalue weighted by Crippen LogP contribution is 2.27. The van der Waals surface area contributed by atoms with Crippen LogP contribution in [0.25, 0.3) is 0 Å². The molecule has 0 saturated heterocycles. The van der Waals surface area contributed by atoms with E-state index in [9.17, 15) is 0 Å². The number of hydrogen-bond donors (Lipinski definition) is 2. The van der Waals surface area contributed by atoms with Gasteiger partial charge in [-0.3, -0.25) is 0 Å². The van der Waals surface area contributed by atoms with Crippen molar-refractivity contribution in [3.05, 3.63) is 59.2 Å². The molecule has 18 heavy (non-hydrogen) atoms. The molecule has 2 heteroatoms. The number of nitrogen functional groups attached to an aromatic ring is 1. The first-order chi connectivity index (χ1) is 8.74. The van der Waals surface area contributed by atoms with Crippen LogP contribution < -0.4 is 11.1 Å². The number of rotatable bonds is 2. The third kappa shape index (κ3) is 1.94. The Labute approximate surface area is 108 Å². The third-order valence-corrected chi connectivity index (χ3v) is 3.79. The van der Waals surface area contributed by atoms with Gasteiger partial charge in [0, 0.05) is 17.4 Å². The molecule has 2 aromatic rings. The van der Waals surface area contributed by atoms with Crippen LogP contribution in [0.1, 0.15) is 16.7 Å². The van der Waals surface area contributed by atoms with E-state index in [0.717, 1.165) is 29.8 Å². The highest BCUT2D eigenvalue weighted by atomic mass is 14.9. The van der Waals surface area contributed by atoms with Crippen LogP contribution in [0.4, 0.5) is 11.4 Å². The van der Waals surface area contributed by atoms with Gasteiger partial charge in [-0.05, 0) is 48.6 Å². The molecule has 0 amide bonds. The summed E-state index contributed by atoms with van der Waals surface area (Å²) >= 11 is 0. The van der Waals surface area contributed by atoms with Crippen LogP contribution in [-0.2, 0) is 12.8 Å². The molecule has 0 aliphatic heterocycles. The number of anilines is 2. The lowest BCUT2D eigenvalue weighted by Gasteiger charge is -2.16. The fourth-order valence-corrected chi connectivity index (χ4v) is 2.69. The molecule has 0 spiro atoms. The van der Waals surface area contributed by atoms with Gasteiger partial charge in [0.15, 0.2) is 0 Å². The first-order valence-electron chi connectivity index (χ1n) is 6.42. The first-order valence-corrected chi connectivity index (χ1v) is 6.42. The Balaban J connectivity index is 1.78. The summed E-state index contributed by atoms with van der Waals surface area (Å²) in [4.78, 5) is 0. The van der Waals surface area contributed by atoms with Gasteiger partial charge in [-0.15, -0.1) is 0 Å². The van der Waals surface area contributed by atoms with Crippen molar-refractivity contribution in [3.8, 4) is 0 Å². The summed E-state index contributed by atoms with van der Waals surface area (Å²) in [5.41, 5.74) is 12.0. The smallest absolute Gasteiger partial charge is 0.0392 e. The molecule has 1 aliphatic rings. The van der Waals surface area contributed by atoms with E-state index in [1.165, 1.54) is 11.1 Å². The molecule has 1 aliphatic carbocycles. The molecule has 2 nitrogen and oxygen atoms in total. The second-order valence-corrected chi connectivity index (χ2v) is 5.04. The molecular weight excluding hydrogens is 220 g/mol. The number of fused-ring (bicyclic) bond motifs is 1. The Bertz CT molecular complexity index is 550. The Morgan fingerprint density at radius 1 is 1.00 bits per heavy atom. The molecule has 0 radical (unpaired) electrons. The Hall–Kier alpha value is -1.96. The third-order valence-electron chi connectivity index (χ3n) is 3.79. The number of nitrogens with one attached hydrogen (secondary N) is 1. The van der Waals surface area contributed by atoms with Gasteiger partial charge in [-0.2, -0.15) is 0 Å². The van der Waals surface area contributed by atoms with Crippen molar-refractivity contribution in [1.82, 2.24) is 0 Å². The van der Waals surface area contributed by atoms with Crippen molar-refractivity contribution in [1.29, 1.82) is 0 Å². The number of hydrogen-bond acceptors (Lipinski definition) is 2. The lowest BCUT2D eigenvalue weighted by molar-refractivity contribution is 0.773. The van der Waals surface area contributed by atoms with Crippen molar-refractivity contribution < 1.29 is 0 Å². The van der Waals surface area contributed by atoms with Crippen LogP contribution in [0, 0.1) is 6.92 Å². The zero-order valence-electron chi connectivity index (χ0n) is 10.6. The lowest BCUT2D eigenvalue weighted by Crippen LogP contribution is -2.20. The van der Waals surface area contributed by atoms with Crippen LogP contribution in [0.5, 0.6) is 0 Å². The first kappa shape index (κ1) is 11.1. The SMILES string of the molecule is Cc1c(N)cccc1NC1Cc2ccccc2C1. The topological polar surface area (TPSA) is 38.0 Å². The number of benzene rings is 2. The van der Waals surface area contributed by atoms with Crippen molar-refractivity contribution >= 4 is 11.4 Å². The minimum atomic E-state index is 0.489. The summed E-state index contributed by atoms with van der Waals surface area (Å²) < 4.78 is 0. The zero-order chi connectivity index (χ0) is 12.5. The van der Waals surface area contributed by atoms with E-state index in [2.05, 4.69) is 42.6 Å². The van der Waals surface area contributed by atoms with Crippen LogP contribution >= 0.6 is 0 Å². The predicted molar refractivity (Wildman–Crippen MR) is 76.9 cm³/mol. The highest BCUT2D eigenvalue weighted by molar-refractivity contribution is 5.63. The predicted octanol–water partition coefficient (Wildman–Crippen LogP) is 3.16. The molecule has 0 unspecified atom stereocenters. The van der Waals surface area contributed by atoms with Crippen LogP contribution in [0.3, 0.4) is 0 Å². The van der Waals surface area contributed by atoms with Crippen molar-refractivity contribution in [2.75, 3.05) is 11.1 Å². The van der Waals surface area contributed by atoms with Gasteiger partial charge in [0.2, 0.25) is 0 Å². The minimum absolute atomic E-state index is 0.489. The molecule has 2 aromatic carbocycles. The average molecular weight is 238 g/mol. The Morgan fingerprint density at radius 2 is 1.67 bits per heavy atom. The molecule has 0 saturated carbocycles. The normalized spacial score (nSPS) is 14.5. The molecular formula is C16H18N2. The van der Waals surface area contributed by atoms with Gasteiger partial charge in [0.05, 0.1) is 0 Å². The molecule has 3 rings (SSSR count). The second kappa shape index (κ2) is 4.37. The largest absolute Gasteiger partial charge is 0.398 e. The maximum Gasteiger partial charge on any atom is 0.0392 e. The highest BCUT2D eigenvalue weighted by Gasteiger charge is 2.21. The average Bonchev–Trinajstić information content (AvgIpc) is 2.77. The number of nitrogens with two attached hydrogens (primary N) is 1. The summed E-state index contributed by atoms with van der Waals surface area (Å²) in [5, 5.41) is 3.62. The van der Waals surface area contributed by atoms with Gasteiger partial charge in [-0.1, -0.05) is 30.3 Å². The van der Waals surface area contributed by atoms with Crippen molar-refractivity contribution in [3.63, 3.8) is 0 Å². The van der Waals surface area contributed by atoms with Crippen LogP contribution in [0.15, 0.2) is 42.5 Å². The van der Waals surface area contributed by atoms with E-state index in [1.807, 2.05) is 12.1 Å². The summed E-state index contributed by atoms with van der Waals surface area (Å²) in [6.07, 6.45) is 2.20. The maximum atomic E-state index is 5.94. The molecule has 0 atom stereocenters. The maximum absolute atomic E-state index is 5.94. The Morgan fingerprint density at radius 3 is 2.33 bits per heavy atom. The Kier molecular flexibility index (Phi) is 2.71. The minimum Gasteiger partial charge on any atom is -0.398 e. The van der Waals surface area contributed by atoms with E-state index in [1.54, 1.807) is 0 Å². The molecule has 92 valence electrons. The van der Waals surface area contributed by atoms with Crippen LogP contribution in [-0.4, -0.2) is 6.04 Å². The van der Waals surface area contributed by atoms with Gasteiger partial charge in [0.1, 0.15) is 0 Å². The summed E-state index contributed by atoms with van der Waals surface area (Å²) in [5.74, 6) is 0. The van der Waals surface area contributed by atoms with Gasteiger partial charge >= 0.3 is 0 Å². The van der Waals surface area contributed by atoms with Crippen molar-refractivity contribution in [2.24, 2.45) is 0 Å². The monoisotopic (exact) mass is 238 g/mol. The molecule has 0 fully saturated rings. The van der Waals surface area contributed by atoms with E-state index in [4.69, 9.17) is 5.73 Å². The van der Waals surface area contributed by atoms with Gasteiger partial charge in [-0.25, -0.2) is 0 Å². The van der Waals surface area contributed by atoms with E-state index < -0.39 is 0 Å². The van der Waals surface area contributed by atoms with E-state index in [0.29, 0.717) is 6.04 Å². The van der Waals surface area contributed by atoms with Crippen LogP contribution in [0.2, 0.25) is 0 Å². The van der Waals surface area contributed by atoms with E-state index in [-0.39, 0.29) is 0 Å². The molecule has 3 N–H and O–H groups in total. The van der Waals surface area contributed by atoms with Crippen molar-refractivity contribution in [2.45, 2.75) is 25.8 Å². The fourth-order valence-electron chi connectivity index (χ4n) is 2.69. The zero-order valence-corrected chi connectivity index (χ0v) is 10.6. The quantitative estimate of drug-likeness (QED) is 0.789. The molecule has 0 bridgehead atoms. The molecule has 0 heterocycles. The van der Waals surface area contributed by atoms with Gasteiger partial charge < -0.3 is 11.1 Å². The molecule has 0 aromatic heterocycles.